The van der Waals surface area contributed by atoms with E-state index in [1.54, 1.807) is 6.20 Å². The SMILES string of the molecule is C[C@@H]1C[C@@H](NC(=O)[C@H]2CCN2C(=O)OC(C)(C)C)c2nccn21. The number of nitrogens with one attached hydrogen (secondary N) is 1. The maximum atomic E-state index is 12.5. The first kappa shape index (κ1) is 15.8. The van der Waals surface area contributed by atoms with E-state index in [0.29, 0.717) is 19.0 Å². The molecule has 0 aromatic carbocycles. The minimum absolute atomic E-state index is 0.0893. The average Bonchev–Trinajstić information content (AvgIpc) is 2.91. The molecule has 7 nitrogen and oxygen atoms in total. The van der Waals surface area contributed by atoms with Crippen LogP contribution in [0.15, 0.2) is 12.4 Å². The Bertz CT molecular complexity index is 619. The molecule has 0 radical (unpaired) electrons. The molecule has 1 aromatic rings. The predicted octanol–water partition coefficient (Wildman–Crippen LogP) is 2.01. The zero-order valence-corrected chi connectivity index (χ0v) is 14.1. The van der Waals surface area contributed by atoms with Gasteiger partial charge in [0.25, 0.3) is 0 Å². The summed E-state index contributed by atoms with van der Waals surface area (Å²) in [5.74, 6) is 0.754. The normalized spacial score (nSPS) is 26.4. The van der Waals surface area contributed by atoms with Crippen LogP contribution in [0.3, 0.4) is 0 Å². The molecule has 7 heteroatoms. The summed E-state index contributed by atoms with van der Waals surface area (Å²) in [5, 5.41) is 3.03. The van der Waals surface area contributed by atoms with E-state index in [9.17, 15) is 9.59 Å². The number of likely N-dealkylation sites (tertiary alicyclic amines) is 1. The van der Waals surface area contributed by atoms with Crippen LogP contribution in [0.1, 0.15) is 58.4 Å². The third-order valence-corrected chi connectivity index (χ3v) is 4.33. The summed E-state index contributed by atoms with van der Waals surface area (Å²) in [4.78, 5) is 30.4. The van der Waals surface area contributed by atoms with Crippen LogP contribution in [0.25, 0.3) is 0 Å². The first-order chi connectivity index (χ1) is 10.8. The van der Waals surface area contributed by atoms with Gasteiger partial charge in [-0.05, 0) is 40.5 Å². The molecular formula is C16H24N4O3. The number of hydrogen-bond acceptors (Lipinski definition) is 4. The van der Waals surface area contributed by atoms with Crippen molar-refractivity contribution >= 4 is 12.0 Å². The fourth-order valence-corrected chi connectivity index (χ4v) is 3.12. The van der Waals surface area contributed by atoms with Gasteiger partial charge >= 0.3 is 6.09 Å². The maximum absolute atomic E-state index is 12.5. The number of hydrogen-bond donors (Lipinski definition) is 1. The van der Waals surface area contributed by atoms with E-state index in [0.717, 1.165) is 12.2 Å². The van der Waals surface area contributed by atoms with Crippen molar-refractivity contribution in [3.05, 3.63) is 18.2 Å². The Hall–Kier alpha value is -2.05. The van der Waals surface area contributed by atoms with Crippen LogP contribution in [0.5, 0.6) is 0 Å². The van der Waals surface area contributed by atoms with E-state index in [-0.39, 0.29) is 11.9 Å². The fourth-order valence-electron chi connectivity index (χ4n) is 3.12. The minimum atomic E-state index is -0.556. The van der Waals surface area contributed by atoms with Crippen molar-refractivity contribution in [2.75, 3.05) is 6.54 Å². The Morgan fingerprint density at radius 1 is 1.39 bits per heavy atom. The van der Waals surface area contributed by atoms with Crippen molar-refractivity contribution in [1.82, 2.24) is 19.8 Å². The standard InChI is InChI=1S/C16H24N4O3/c1-10-9-11(13-17-6-8-19(10)13)18-14(21)12-5-7-20(12)15(22)23-16(2,3)4/h6,8,10-12H,5,7,9H2,1-4H3,(H,18,21)/t10-,11-,12-/m1/s1. The summed E-state index contributed by atoms with van der Waals surface area (Å²) in [6.45, 7) is 8.12. The molecule has 1 saturated heterocycles. The number of carbonyl (C=O) groups is 2. The minimum Gasteiger partial charge on any atom is -0.444 e. The number of imidazole rings is 1. The van der Waals surface area contributed by atoms with Crippen LogP contribution in [-0.2, 0) is 9.53 Å². The van der Waals surface area contributed by atoms with E-state index in [1.165, 1.54) is 4.90 Å². The number of amides is 2. The highest BCUT2D eigenvalue weighted by Crippen LogP contribution is 2.33. The van der Waals surface area contributed by atoms with E-state index in [4.69, 9.17) is 4.74 Å². The molecule has 23 heavy (non-hydrogen) atoms. The van der Waals surface area contributed by atoms with E-state index < -0.39 is 17.7 Å². The fraction of sp³-hybridized carbons (Fsp3) is 0.688. The third kappa shape index (κ3) is 3.04. The molecule has 0 aliphatic carbocycles. The molecule has 2 aliphatic heterocycles. The lowest BCUT2D eigenvalue weighted by molar-refractivity contribution is -0.131. The number of nitrogens with zero attached hydrogens (tertiary/aromatic N) is 3. The van der Waals surface area contributed by atoms with Crippen molar-refractivity contribution < 1.29 is 14.3 Å². The van der Waals surface area contributed by atoms with Gasteiger partial charge in [-0.2, -0.15) is 0 Å². The Kier molecular flexibility index (Phi) is 3.82. The quantitative estimate of drug-likeness (QED) is 0.904. The van der Waals surface area contributed by atoms with Gasteiger partial charge in [0.2, 0.25) is 5.91 Å². The average molecular weight is 320 g/mol. The zero-order valence-electron chi connectivity index (χ0n) is 14.1. The van der Waals surface area contributed by atoms with Crippen LogP contribution in [0.4, 0.5) is 4.79 Å². The van der Waals surface area contributed by atoms with Crippen molar-refractivity contribution in [3.8, 4) is 0 Å². The lowest BCUT2D eigenvalue weighted by atomic mass is 10.0. The molecular weight excluding hydrogens is 296 g/mol. The summed E-state index contributed by atoms with van der Waals surface area (Å²) in [6, 6.07) is -0.209. The van der Waals surface area contributed by atoms with Crippen LogP contribution in [0, 0.1) is 0 Å². The summed E-state index contributed by atoms with van der Waals surface area (Å²) in [6.07, 6.45) is 4.75. The Morgan fingerprint density at radius 2 is 2.13 bits per heavy atom. The second-order valence-corrected chi connectivity index (χ2v) is 7.32. The summed E-state index contributed by atoms with van der Waals surface area (Å²) in [5.41, 5.74) is -0.556. The van der Waals surface area contributed by atoms with E-state index in [1.807, 2.05) is 27.0 Å². The third-order valence-electron chi connectivity index (χ3n) is 4.33. The lowest BCUT2D eigenvalue weighted by Gasteiger charge is -2.40. The van der Waals surface area contributed by atoms with Gasteiger partial charge in [0.1, 0.15) is 17.5 Å². The second-order valence-electron chi connectivity index (χ2n) is 7.32. The maximum Gasteiger partial charge on any atom is 0.410 e. The molecule has 0 bridgehead atoms. The van der Waals surface area contributed by atoms with Gasteiger partial charge in [0, 0.05) is 25.0 Å². The molecule has 1 fully saturated rings. The molecule has 126 valence electrons. The number of fused-ring (bicyclic) bond motifs is 1. The van der Waals surface area contributed by atoms with Crippen molar-refractivity contribution in [3.63, 3.8) is 0 Å². The van der Waals surface area contributed by atoms with Crippen molar-refractivity contribution in [2.24, 2.45) is 0 Å². The van der Waals surface area contributed by atoms with Gasteiger partial charge in [-0.25, -0.2) is 9.78 Å². The van der Waals surface area contributed by atoms with Crippen molar-refractivity contribution in [1.29, 1.82) is 0 Å². The monoisotopic (exact) mass is 320 g/mol. The Balaban J connectivity index is 1.60. The van der Waals surface area contributed by atoms with E-state index in [2.05, 4.69) is 21.8 Å². The van der Waals surface area contributed by atoms with Gasteiger partial charge < -0.3 is 14.6 Å². The number of carbonyl (C=O) groups excluding carboxylic acids is 2. The summed E-state index contributed by atoms with van der Waals surface area (Å²) >= 11 is 0. The molecule has 1 N–H and O–H groups in total. The molecule has 0 spiro atoms. The van der Waals surface area contributed by atoms with Gasteiger partial charge in [-0.1, -0.05) is 0 Å². The lowest BCUT2D eigenvalue weighted by Crippen LogP contribution is -2.59. The predicted molar refractivity (Wildman–Crippen MR) is 83.8 cm³/mol. The summed E-state index contributed by atoms with van der Waals surface area (Å²) < 4.78 is 7.42. The molecule has 3 rings (SSSR count). The van der Waals surface area contributed by atoms with Crippen molar-refractivity contribution in [2.45, 2.75) is 64.3 Å². The van der Waals surface area contributed by atoms with Crippen LogP contribution in [0.2, 0.25) is 0 Å². The number of ether oxygens (including phenoxy) is 1. The van der Waals surface area contributed by atoms with Gasteiger partial charge in [-0.15, -0.1) is 0 Å². The molecule has 0 unspecified atom stereocenters. The highest BCUT2D eigenvalue weighted by atomic mass is 16.6. The second kappa shape index (κ2) is 5.54. The Labute approximate surface area is 136 Å². The smallest absolute Gasteiger partial charge is 0.410 e. The first-order valence-corrected chi connectivity index (χ1v) is 8.09. The van der Waals surface area contributed by atoms with Gasteiger partial charge in [0.15, 0.2) is 0 Å². The number of aromatic nitrogens is 2. The van der Waals surface area contributed by atoms with Crippen LogP contribution in [-0.4, -0.2) is 44.6 Å². The highest BCUT2D eigenvalue weighted by Gasteiger charge is 2.41. The molecule has 2 amide bonds. The summed E-state index contributed by atoms with van der Waals surface area (Å²) in [7, 11) is 0. The molecule has 3 atom stereocenters. The molecule has 2 aliphatic rings. The number of rotatable bonds is 2. The van der Waals surface area contributed by atoms with E-state index >= 15 is 0 Å². The largest absolute Gasteiger partial charge is 0.444 e. The molecule has 0 saturated carbocycles. The molecule has 1 aromatic heterocycles. The van der Waals surface area contributed by atoms with Gasteiger partial charge in [0.05, 0.1) is 6.04 Å². The van der Waals surface area contributed by atoms with Crippen LogP contribution < -0.4 is 5.32 Å². The first-order valence-electron chi connectivity index (χ1n) is 8.09. The van der Waals surface area contributed by atoms with Gasteiger partial charge in [-0.3, -0.25) is 9.69 Å². The van der Waals surface area contributed by atoms with Crippen LogP contribution >= 0.6 is 0 Å². The molecule has 3 heterocycles. The Morgan fingerprint density at radius 3 is 2.74 bits per heavy atom. The topological polar surface area (TPSA) is 76.5 Å². The highest BCUT2D eigenvalue weighted by molar-refractivity contribution is 5.87. The zero-order chi connectivity index (χ0) is 16.8.